The SMILES string of the molecule is CCC(=O)CCC(=O)c1ccc2c(c1)NC(=O)CC2(C)C. The van der Waals surface area contributed by atoms with Crippen molar-refractivity contribution >= 4 is 23.2 Å². The second-order valence-corrected chi connectivity index (χ2v) is 6.18. The van der Waals surface area contributed by atoms with Crippen LogP contribution in [0.5, 0.6) is 0 Å². The molecular weight excluding hydrogens is 266 g/mol. The molecule has 0 atom stereocenters. The van der Waals surface area contributed by atoms with Crippen molar-refractivity contribution in [1.29, 1.82) is 0 Å². The number of hydrogen-bond donors (Lipinski definition) is 1. The molecular formula is C17H21NO3. The van der Waals surface area contributed by atoms with Gasteiger partial charge in [-0.25, -0.2) is 0 Å². The van der Waals surface area contributed by atoms with Gasteiger partial charge in [0.05, 0.1) is 0 Å². The number of ketones is 2. The maximum atomic E-state index is 12.1. The highest BCUT2D eigenvalue weighted by molar-refractivity contribution is 6.01. The van der Waals surface area contributed by atoms with Gasteiger partial charge in [0.15, 0.2) is 5.78 Å². The van der Waals surface area contributed by atoms with Crippen LogP contribution in [0.25, 0.3) is 0 Å². The summed E-state index contributed by atoms with van der Waals surface area (Å²) < 4.78 is 0. The van der Waals surface area contributed by atoms with Crippen LogP contribution in [0.15, 0.2) is 18.2 Å². The quantitative estimate of drug-likeness (QED) is 0.845. The van der Waals surface area contributed by atoms with Crippen molar-refractivity contribution in [3.8, 4) is 0 Å². The molecule has 21 heavy (non-hydrogen) atoms. The van der Waals surface area contributed by atoms with Crippen LogP contribution < -0.4 is 5.32 Å². The summed E-state index contributed by atoms with van der Waals surface area (Å²) in [5.41, 5.74) is 2.08. The number of fused-ring (bicyclic) bond motifs is 1. The monoisotopic (exact) mass is 287 g/mol. The third-order valence-corrected chi connectivity index (χ3v) is 3.97. The fraction of sp³-hybridized carbons (Fsp3) is 0.471. The van der Waals surface area contributed by atoms with Crippen molar-refractivity contribution in [2.75, 3.05) is 5.32 Å². The zero-order valence-corrected chi connectivity index (χ0v) is 12.8. The molecule has 1 heterocycles. The van der Waals surface area contributed by atoms with Gasteiger partial charge in [-0.15, -0.1) is 0 Å². The number of nitrogens with one attached hydrogen (secondary N) is 1. The number of amides is 1. The van der Waals surface area contributed by atoms with Gasteiger partial charge in [0, 0.05) is 42.3 Å². The van der Waals surface area contributed by atoms with Crippen LogP contribution in [-0.4, -0.2) is 17.5 Å². The van der Waals surface area contributed by atoms with Gasteiger partial charge in [0.25, 0.3) is 0 Å². The van der Waals surface area contributed by atoms with Crippen LogP contribution in [0.1, 0.15) is 62.4 Å². The fourth-order valence-electron chi connectivity index (χ4n) is 2.68. The number of rotatable bonds is 5. The Bertz CT molecular complexity index is 602. The highest BCUT2D eigenvalue weighted by atomic mass is 16.2. The van der Waals surface area contributed by atoms with Crippen molar-refractivity contribution in [1.82, 2.24) is 0 Å². The molecule has 1 amide bonds. The van der Waals surface area contributed by atoms with Crippen LogP contribution in [0, 0.1) is 0 Å². The van der Waals surface area contributed by atoms with Crippen LogP contribution >= 0.6 is 0 Å². The molecule has 0 saturated heterocycles. The predicted molar refractivity (Wildman–Crippen MR) is 81.6 cm³/mol. The fourth-order valence-corrected chi connectivity index (χ4v) is 2.68. The Labute approximate surface area is 124 Å². The maximum absolute atomic E-state index is 12.1. The van der Waals surface area contributed by atoms with Gasteiger partial charge in [-0.05, 0) is 11.6 Å². The highest BCUT2D eigenvalue weighted by Crippen LogP contribution is 2.37. The van der Waals surface area contributed by atoms with Gasteiger partial charge in [0.2, 0.25) is 5.91 Å². The molecule has 0 aliphatic carbocycles. The second kappa shape index (κ2) is 5.80. The first-order chi connectivity index (χ1) is 9.83. The lowest BCUT2D eigenvalue weighted by molar-refractivity contribution is -0.119. The van der Waals surface area contributed by atoms with Gasteiger partial charge in [-0.1, -0.05) is 32.9 Å². The summed E-state index contributed by atoms with van der Waals surface area (Å²) >= 11 is 0. The number of carbonyl (C=O) groups is 3. The van der Waals surface area contributed by atoms with E-state index in [4.69, 9.17) is 0 Å². The van der Waals surface area contributed by atoms with E-state index in [0.717, 1.165) is 5.56 Å². The minimum atomic E-state index is -0.225. The van der Waals surface area contributed by atoms with E-state index >= 15 is 0 Å². The molecule has 112 valence electrons. The molecule has 0 fully saturated rings. The zero-order valence-electron chi connectivity index (χ0n) is 12.8. The zero-order chi connectivity index (χ0) is 15.6. The molecule has 2 rings (SSSR count). The Morgan fingerprint density at radius 3 is 2.62 bits per heavy atom. The molecule has 0 unspecified atom stereocenters. The van der Waals surface area contributed by atoms with Gasteiger partial charge in [-0.2, -0.15) is 0 Å². The molecule has 0 spiro atoms. The molecule has 1 N–H and O–H groups in total. The third kappa shape index (κ3) is 3.38. The maximum Gasteiger partial charge on any atom is 0.225 e. The van der Waals surface area contributed by atoms with Crippen molar-refractivity contribution in [3.63, 3.8) is 0 Å². The van der Waals surface area contributed by atoms with E-state index < -0.39 is 0 Å². The average molecular weight is 287 g/mol. The van der Waals surface area contributed by atoms with E-state index in [1.54, 1.807) is 19.1 Å². The average Bonchev–Trinajstić information content (AvgIpc) is 2.42. The molecule has 4 nitrogen and oxygen atoms in total. The van der Waals surface area contributed by atoms with E-state index in [2.05, 4.69) is 5.32 Å². The summed E-state index contributed by atoms with van der Waals surface area (Å²) in [4.78, 5) is 35.2. The van der Waals surface area contributed by atoms with Crippen LogP contribution in [0.2, 0.25) is 0 Å². The molecule has 0 bridgehead atoms. The summed E-state index contributed by atoms with van der Waals surface area (Å²) in [6.45, 7) is 5.83. The first kappa shape index (κ1) is 15.4. The van der Waals surface area contributed by atoms with Crippen molar-refractivity contribution in [2.45, 2.75) is 51.9 Å². The molecule has 1 aliphatic rings. The molecule has 0 radical (unpaired) electrons. The lowest BCUT2D eigenvalue weighted by Crippen LogP contribution is -2.32. The Morgan fingerprint density at radius 2 is 1.95 bits per heavy atom. The Balaban J connectivity index is 2.21. The Morgan fingerprint density at radius 1 is 1.24 bits per heavy atom. The number of anilines is 1. The second-order valence-electron chi connectivity index (χ2n) is 6.18. The first-order valence-corrected chi connectivity index (χ1v) is 7.33. The van der Waals surface area contributed by atoms with Gasteiger partial charge >= 0.3 is 0 Å². The van der Waals surface area contributed by atoms with E-state index in [1.807, 2.05) is 19.9 Å². The largest absolute Gasteiger partial charge is 0.326 e. The molecule has 0 aromatic heterocycles. The number of hydrogen-bond acceptors (Lipinski definition) is 3. The van der Waals surface area contributed by atoms with Gasteiger partial charge in [-0.3, -0.25) is 14.4 Å². The molecule has 4 heteroatoms. The third-order valence-electron chi connectivity index (χ3n) is 3.97. The van der Waals surface area contributed by atoms with Crippen molar-refractivity contribution in [3.05, 3.63) is 29.3 Å². The normalized spacial score (nSPS) is 16.0. The predicted octanol–water partition coefficient (Wildman–Crippen LogP) is 3.25. The summed E-state index contributed by atoms with van der Waals surface area (Å²) in [5, 5.41) is 2.83. The summed E-state index contributed by atoms with van der Waals surface area (Å²) in [6.07, 6.45) is 1.41. The van der Waals surface area contributed by atoms with Crippen LogP contribution in [-0.2, 0) is 15.0 Å². The number of benzene rings is 1. The Kier molecular flexibility index (Phi) is 4.26. The summed E-state index contributed by atoms with van der Waals surface area (Å²) in [7, 11) is 0. The lowest BCUT2D eigenvalue weighted by atomic mass is 9.77. The van der Waals surface area contributed by atoms with Crippen LogP contribution in [0.4, 0.5) is 5.69 Å². The standard InChI is InChI=1S/C17H21NO3/c1-4-12(19)6-8-15(20)11-5-7-13-14(9-11)18-16(21)10-17(13,2)3/h5,7,9H,4,6,8,10H2,1-3H3,(H,18,21). The van der Waals surface area contributed by atoms with E-state index in [9.17, 15) is 14.4 Å². The number of Topliss-reactive ketones (excluding diaryl/α,β-unsaturated/α-hetero) is 2. The minimum Gasteiger partial charge on any atom is -0.326 e. The Hall–Kier alpha value is -1.97. The molecule has 1 aromatic carbocycles. The van der Waals surface area contributed by atoms with E-state index in [-0.39, 0.29) is 35.7 Å². The molecule has 0 saturated carbocycles. The van der Waals surface area contributed by atoms with Crippen molar-refractivity contribution in [2.24, 2.45) is 0 Å². The van der Waals surface area contributed by atoms with Crippen molar-refractivity contribution < 1.29 is 14.4 Å². The summed E-state index contributed by atoms with van der Waals surface area (Å²) in [6, 6.07) is 5.42. The van der Waals surface area contributed by atoms with E-state index in [1.165, 1.54) is 0 Å². The summed E-state index contributed by atoms with van der Waals surface area (Å²) in [5.74, 6) is 0.00577. The topological polar surface area (TPSA) is 63.2 Å². The molecule has 1 aromatic rings. The van der Waals surface area contributed by atoms with Gasteiger partial charge in [0.1, 0.15) is 5.78 Å². The van der Waals surface area contributed by atoms with E-state index in [0.29, 0.717) is 24.1 Å². The minimum absolute atomic E-state index is 0.0294. The number of carbonyl (C=O) groups excluding carboxylic acids is 3. The van der Waals surface area contributed by atoms with Gasteiger partial charge < -0.3 is 5.32 Å². The first-order valence-electron chi connectivity index (χ1n) is 7.33. The molecule has 1 aliphatic heterocycles. The highest BCUT2D eigenvalue weighted by Gasteiger charge is 2.32. The smallest absolute Gasteiger partial charge is 0.225 e. The van der Waals surface area contributed by atoms with Crippen LogP contribution in [0.3, 0.4) is 0 Å². The lowest BCUT2D eigenvalue weighted by Gasteiger charge is -2.32.